The first-order valence-corrected chi connectivity index (χ1v) is 14.1. The largest absolute Gasteiger partial charge is 0.416 e. The Balaban J connectivity index is 1.33. The standard InChI is InChI=1S/C28H38F3N7O2/c1-15(2)37(3)19-5-7-24(23(13-19)36-26(39)16-10-18(32)11-16)38-9-8-22(27(38)40)35-25-20-12-17(28(29,30)31)4-6-21(20)33-14-34-25/h4,6,12,14-16,18-19,22-24H,5,7-11,13,32H2,1-3H3,(H,36,39)(H,33,34,35)/t16?,18?,19-,22+,23-,24+/m1/s1. The fourth-order valence-electron chi connectivity index (χ4n) is 6.31. The number of nitrogens with two attached hydrogens (primary N) is 1. The lowest BCUT2D eigenvalue weighted by Gasteiger charge is -2.45. The zero-order valence-corrected chi connectivity index (χ0v) is 23.1. The van der Waals surface area contributed by atoms with E-state index in [9.17, 15) is 22.8 Å². The molecule has 0 radical (unpaired) electrons. The average molecular weight is 562 g/mol. The molecule has 0 bridgehead atoms. The molecule has 2 amide bonds. The molecule has 5 rings (SSSR count). The molecule has 4 N–H and O–H groups in total. The van der Waals surface area contributed by atoms with Gasteiger partial charge in [-0.3, -0.25) is 9.59 Å². The molecule has 2 heterocycles. The van der Waals surface area contributed by atoms with Crippen molar-refractivity contribution in [1.29, 1.82) is 0 Å². The summed E-state index contributed by atoms with van der Waals surface area (Å²) in [5, 5.41) is 6.57. The van der Waals surface area contributed by atoms with Gasteiger partial charge in [-0.1, -0.05) is 0 Å². The number of nitrogens with one attached hydrogen (secondary N) is 2. The van der Waals surface area contributed by atoms with Crippen LogP contribution < -0.4 is 16.4 Å². The maximum Gasteiger partial charge on any atom is 0.416 e. The van der Waals surface area contributed by atoms with E-state index >= 15 is 0 Å². The molecule has 218 valence electrons. The summed E-state index contributed by atoms with van der Waals surface area (Å²) in [5.41, 5.74) is 5.47. The Morgan fingerprint density at radius 2 is 1.90 bits per heavy atom. The zero-order valence-electron chi connectivity index (χ0n) is 23.1. The van der Waals surface area contributed by atoms with Crippen molar-refractivity contribution in [3.63, 3.8) is 0 Å². The van der Waals surface area contributed by atoms with Crippen molar-refractivity contribution in [1.82, 2.24) is 25.1 Å². The first kappa shape index (κ1) is 28.5. The lowest BCUT2D eigenvalue weighted by molar-refractivity contribution is -0.137. The normalized spacial score (nSPS) is 29.2. The number of fused-ring (bicyclic) bond motifs is 1. The number of carbonyl (C=O) groups is 2. The third-order valence-corrected chi connectivity index (χ3v) is 8.96. The molecule has 1 aromatic heterocycles. The topological polar surface area (TPSA) is 116 Å². The number of anilines is 1. The first-order valence-electron chi connectivity index (χ1n) is 14.1. The van der Waals surface area contributed by atoms with Crippen LogP contribution in [-0.2, 0) is 15.8 Å². The quantitative estimate of drug-likeness (QED) is 0.476. The van der Waals surface area contributed by atoms with Crippen molar-refractivity contribution in [3.8, 4) is 0 Å². The lowest BCUT2D eigenvalue weighted by Crippen LogP contribution is -2.60. The molecule has 2 aromatic rings. The van der Waals surface area contributed by atoms with Crippen LogP contribution in [0.5, 0.6) is 0 Å². The average Bonchev–Trinajstić information content (AvgIpc) is 3.25. The summed E-state index contributed by atoms with van der Waals surface area (Å²) in [6.45, 7) is 4.78. The first-order chi connectivity index (χ1) is 18.9. The van der Waals surface area contributed by atoms with Crippen molar-refractivity contribution in [2.45, 2.75) is 94.8 Å². The number of halogens is 3. The molecule has 4 atom stereocenters. The van der Waals surface area contributed by atoms with Gasteiger partial charge in [0.25, 0.3) is 0 Å². The van der Waals surface area contributed by atoms with Crippen molar-refractivity contribution in [3.05, 3.63) is 30.1 Å². The minimum Gasteiger partial charge on any atom is -0.358 e. The SMILES string of the molecule is CC(C)N(C)[C@@H]1CC[C@H](N2CC[C@H](Nc3ncnc4ccc(C(F)(F)F)cc34)C2=O)[C@H](NC(=O)C2CC(N)C2)C1. The molecule has 3 aliphatic rings. The summed E-state index contributed by atoms with van der Waals surface area (Å²) < 4.78 is 40.1. The van der Waals surface area contributed by atoms with Gasteiger partial charge in [0.1, 0.15) is 18.2 Å². The van der Waals surface area contributed by atoms with E-state index in [2.05, 4.69) is 46.4 Å². The van der Waals surface area contributed by atoms with Gasteiger partial charge in [-0.05, 0) is 77.6 Å². The highest BCUT2D eigenvalue weighted by Crippen LogP contribution is 2.35. The van der Waals surface area contributed by atoms with Gasteiger partial charge in [-0.15, -0.1) is 0 Å². The molecule has 2 saturated carbocycles. The second kappa shape index (κ2) is 11.1. The van der Waals surface area contributed by atoms with Crippen LogP contribution in [-0.4, -0.2) is 81.4 Å². The molecular weight excluding hydrogens is 523 g/mol. The minimum absolute atomic E-state index is 0.00112. The fraction of sp³-hybridized carbons (Fsp3) is 0.643. The molecule has 0 spiro atoms. The van der Waals surface area contributed by atoms with Gasteiger partial charge in [0.05, 0.1) is 23.2 Å². The number of hydrogen-bond donors (Lipinski definition) is 3. The van der Waals surface area contributed by atoms with Crippen LogP contribution >= 0.6 is 0 Å². The van der Waals surface area contributed by atoms with Gasteiger partial charge in [0.2, 0.25) is 11.8 Å². The Hall–Kier alpha value is -2.99. The van der Waals surface area contributed by atoms with Gasteiger partial charge in [0, 0.05) is 36.0 Å². The Morgan fingerprint density at radius 1 is 1.15 bits per heavy atom. The molecule has 2 aliphatic carbocycles. The Labute approximate surface area is 232 Å². The Morgan fingerprint density at radius 3 is 2.58 bits per heavy atom. The molecule has 3 fully saturated rings. The molecular formula is C28H38F3N7O2. The van der Waals surface area contributed by atoms with Gasteiger partial charge in [-0.25, -0.2) is 9.97 Å². The predicted molar refractivity (Wildman–Crippen MR) is 145 cm³/mol. The molecule has 1 aromatic carbocycles. The van der Waals surface area contributed by atoms with E-state index in [1.165, 1.54) is 12.4 Å². The van der Waals surface area contributed by atoms with Gasteiger partial charge < -0.3 is 26.2 Å². The van der Waals surface area contributed by atoms with E-state index in [-0.39, 0.29) is 53.1 Å². The van der Waals surface area contributed by atoms with Crippen molar-refractivity contribution < 1.29 is 22.8 Å². The number of carbonyl (C=O) groups excluding carboxylic acids is 2. The highest BCUT2D eigenvalue weighted by atomic mass is 19.4. The second-order valence-electron chi connectivity index (χ2n) is 11.8. The summed E-state index contributed by atoms with van der Waals surface area (Å²) in [6.07, 6.45) is 0.995. The van der Waals surface area contributed by atoms with E-state index in [0.29, 0.717) is 37.4 Å². The highest BCUT2D eigenvalue weighted by molar-refractivity contribution is 5.93. The molecule has 9 nitrogen and oxygen atoms in total. The number of nitrogens with zero attached hydrogens (tertiary/aromatic N) is 4. The predicted octanol–water partition coefficient (Wildman–Crippen LogP) is 3.14. The van der Waals surface area contributed by atoms with Crippen LogP contribution in [0.4, 0.5) is 19.0 Å². The minimum atomic E-state index is -4.51. The van der Waals surface area contributed by atoms with E-state index in [1.807, 2.05) is 4.90 Å². The van der Waals surface area contributed by atoms with Crippen LogP contribution in [0.25, 0.3) is 10.9 Å². The highest BCUT2D eigenvalue weighted by Gasteiger charge is 2.44. The maximum absolute atomic E-state index is 13.7. The number of benzene rings is 1. The van der Waals surface area contributed by atoms with Crippen LogP contribution in [0.3, 0.4) is 0 Å². The summed E-state index contributed by atoms with van der Waals surface area (Å²) in [7, 11) is 2.09. The van der Waals surface area contributed by atoms with Crippen LogP contribution in [0.15, 0.2) is 24.5 Å². The molecule has 1 saturated heterocycles. The van der Waals surface area contributed by atoms with Crippen molar-refractivity contribution >= 4 is 28.5 Å². The van der Waals surface area contributed by atoms with Crippen molar-refractivity contribution in [2.24, 2.45) is 11.7 Å². The van der Waals surface area contributed by atoms with Gasteiger partial charge >= 0.3 is 6.18 Å². The molecule has 40 heavy (non-hydrogen) atoms. The summed E-state index contributed by atoms with van der Waals surface area (Å²) in [5.74, 6) is -0.0250. The number of likely N-dealkylation sites (tertiary alicyclic amines) is 1. The third-order valence-electron chi connectivity index (χ3n) is 8.96. The zero-order chi connectivity index (χ0) is 28.8. The maximum atomic E-state index is 13.7. The van der Waals surface area contributed by atoms with E-state index in [4.69, 9.17) is 5.73 Å². The monoisotopic (exact) mass is 561 g/mol. The number of rotatable bonds is 7. The van der Waals surface area contributed by atoms with E-state index < -0.39 is 17.8 Å². The van der Waals surface area contributed by atoms with Crippen LogP contribution in [0.2, 0.25) is 0 Å². The lowest BCUT2D eigenvalue weighted by atomic mass is 9.79. The Bertz CT molecular complexity index is 1250. The summed E-state index contributed by atoms with van der Waals surface area (Å²) >= 11 is 0. The second-order valence-corrected chi connectivity index (χ2v) is 11.8. The number of hydrogen-bond acceptors (Lipinski definition) is 7. The molecule has 0 unspecified atom stereocenters. The summed E-state index contributed by atoms with van der Waals surface area (Å²) in [6, 6.07) is 3.02. The van der Waals surface area contributed by atoms with Crippen molar-refractivity contribution in [2.75, 3.05) is 18.9 Å². The van der Waals surface area contributed by atoms with Gasteiger partial charge in [0.15, 0.2) is 0 Å². The van der Waals surface area contributed by atoms with E-state index in [0.717, 1.165) is 31.4 Å². The molecule has 12 heteroatoms. The molecule has 1 aliphatic heterocycles. The smallest absolute Gasteiger partial charge is 0.358 e. The number of aromatic nitrogens is 2. The fourth-order valence-corrected chi connectivity index (χ4v) is 6.31. The number of alkyl halides is 3. The van der Waals surface area contributed by atoms with E-state index in [1.54, 1.807) is 0 Å². The Kier molecular flexibility index (Phi) is 7.93. The number of amides is 2. The van der Waals surface area contributed by atoms with Crippen LogP contribution in [0.1, 0.15) is 57.9 Å². The summed E-state index contributed by atoms with van der Waals surface area (Å²) in [4.78, 5) is 39.1. The van der Waals surface area contributed by atoms with Gasteiger partial charge in [-0.2, -0.15) is 13.2 Å². The van der Waals surface area contributed by atoms with Crippen LogP contribution in [0, 0.1) is 5.92 Å². The third kappa shape index (κ3) is 5.74.